The molecule has 0 atom stereocenters. The molecule has 0 radical (unpaired) electrons. The Hall–Kier alpha value is -0.780. The highest BCUT2D eigenvalue weighted by atomic mass is 32.1. The van der Waals surface area contributed by atoms with Gasteiger partial charge in [0.15, 0.2) is 0 Å². The van der Waals surface area contributed by atoms with Crippen LogP contribution >= 0.6 is 22.7 Å². The summed E-state index contributed by atoms with van der Waals surface area (Å²) < 4.78 is 0. The van der Waals surface area contributed by atoms with Gasteiger partial charge in [-0.3, -0.25) is 0 Å². The van der Waals surface area contributed by atoms with Crippen LogP contribution in [0, 0.1) is 6.92 Å². The number of aryl methyl sites for hydroxylation is 1. The molecule has 2 aromatic rings. The first-order chi connectivity index (χ1) is 8.60. The second-order valence-electron chi connectivity index (χ2n) is 4.66. The molecule has 0 amide bonds. The van der Waals surface area contributed by atoms with Crippen LogP contribution in [0.1, 0.15) is 46.0 Å². The van der Waals surface area contributed by atoms with Gasteiger partial charge in [0, 0.05) is 22.5 Å². The lowest BCUT2D eigenvalue weighted by molar-refractivity contribution is 0.768. The fourth-order valence-electron chi connectivity index (χ4n) is 1.84. The van der Waals surface area contributed by atoms with Gasteiger partial charge in [0.05, 0.1) is 22.1 Å². The minimum atomic E-state index is 0.483. The fraction of sp³-hybridized carbons (Fsp3) is 0.538. The standard InChI is InChI=1S/C13H19N3S2/c1-8(2)13-10(6-14-4)18-12(16-13)5-11-15-9(3)7-17-11/h7-8,14H,5-6H2,1-4H3. The average molecular weight is 281 g/mol. The second-order valence-corrected chi connectivity index (χ2v) is 6.77. The van der Waals surface area contributed by atoms with Gasteiger partial charge in [0.25, 0.3) is 0 Å². The van der Waals surface area contributed by atoms with Gasteiger partial charge >= 0.3 is 0 Å². The SMILES string of the molecule is CNCc1sc(Cc2nc(C)cs2)nc1C(C)C. The lowest BCUT2D eigenvalue weighted by atomic mass is 10.1. The van der Waals surface area contributed by atoms with E-state index in [1.165, 1.54) is 15.6 Å². The monoisotopic (exact) mass is 281 g/mol. The Kier molecular flexibility index (Phi) is 4.48. The van der Waals surface area contributed by atoms with E-state index >= 15 is 0 Å². The predicted molar refractivity (Wildman–Crippen MR) is 78.6 cm³/mol. The first-order valence-electron chi connectivity index (χ1n) is 6.14. The van der Waals surface area contributed by atoms with Crippen molar-refractivity contribution in [3.05, 3.63) is 31.7 Å². The molecule has 0 saturated carbocycles. The summed E-state index contributed by atoms with van der Waals surface area (Å²) in [6, 6.07) is 0. The summed E-state index contributed by atoms with van der Waals surface area (Å²) in [5.74, 6) is 0.483. The van der Waals surface area contributed by atoms with Gasteiger partial charge in [-0.05, 0) is 19.9 Å². The Morgan fingerprint density at radius 1 is 1.28 bits per heavy atom. The van der Waals surface area contributed by atoms with Gasteiger partial charge in [-0.2, -0.15) is 0 Å². The Labute approximate surface area is 116 Å². The number of nitrogens with zero attached hydrogens (tertiary/aromatic N) is 2. The second kappa shape index (κ2) is 5.91. The van der Waals surface area contributed by atoms with E-state index in [4.69, 9.17) is 4.98 Å². The molecule has 0 fully saturated rings. The van der Waals surface area contributed by atoms with E-state index in [9.17, 15) is 0 Å². The molecule has 18 heavy (non-hydrogen) atoms. The van der Waals surface area contributed by atoms with Crippen molar-refractivity contribution >= 4 is 22.7 Å². The van der Waals surface area contributed by atoms with Gasteiger partial charge < -0.3 is 5.32 Å². The molecule has 0 aliphatic carbocycles. The zero-order valence-corrected chi connectivity index (χ0v) is 12.9. The molecule has 2 aromatic heterocycles. The maximum absolute atomic E-state index is 4.78. The van der Waals surface area contributed by atoms with Crippen molar-refractivity contribution in [3.8, 4) is 0 Å². The van der Waals surface area contributed by atoms with E-state index in [0.717, 1.165) is 23.7 Å². The topological polar surface area (TPSA) is 37.8 Å². The quantitative estimate of drug-likeness (QED) is 0.913. The Morgan fingerprint density at radius 2 is 2.06 bits per heavy atom. The third-order valence-corrected chi connectivity index (χ3v) is 4.66. The molecule has 2 rings (SSSR count). The summed E-state index contributed by atoms with van der Waals surface area (Å²) in [4.78, 5) is 10.6. The molecular formula is C13H19N3S2. The summed E-state index contributed by atoms with van der Waals surface area (Å²) in [6.07, 6.45) is 0.868. The first-order valence-corrected chi connectivity index (χ1v) is 7.83. The summed E-state index contributed by atoms with van der Waals surface area (Å²) in [5, 5.41) is 7.65. The van der Waals surface area contributed by atoms with E-state index in [2.05, 4.69) is 29.5 Å². The summed E-state index contributed by atoms with van der Waals surface area (Å²) in [6.45, 7) is 7.34. The van der Waals surface area contributed by atoms with Gasteiger partial charge in [-0.1, -0.05) is 13.8 Å². The smallest absolute Gasteiger partial charge is 0.0999 e. The normalized spacial score (nSPS) is 11.4. The van der Waals surface area contributed by atoms with Crippen LogP contribution in [0.3, 0.4) is 0 Å². The van der Waals surface area contributed by atoms with Gasteiger partial charge in [-0.25, -0.2) is 9.97 Å². The van der Waals surface area contributed by atoms with Crippen LogP contribution in [-0.4, -0.2) is 17.0 Å². The molecule has 2 heterocycles. The Morgan fingerprint density at radius 3 is 2.61 bits per heavy atom. The van der Waals surface area contributed by atoms with Crippen molar-refractivity contribution in [1.29, 1.82) is 0 Å². The maximum atomic E-state index is 4.78. The van der Waals surface area contributed by atoms with E-state index in [1.807, 2.05) is 25.3 Å². The number of thiazole rings is 2. The molecule has 3 nitrogen and oxygen atoms in total. The minimum absolute atomic E-state index is 0.483. The fourth-order valence-corrected chi connectivity index (χ4v) is 3.95. The van der Waals surface area contributed by atoms with E-state index in [-0.39, 0.29) is 0 Å². The van der Waals surface area contributed by atoms with Crippen molar-refractivity contribution in [2.45, 2.75) is 39.7 Å². The molecule has 0 aliphatic rings. The largest absolute Gasteiger partial charge is 0.315 e. The van der Waals surface area contributed by atoms with Crippen LogP contribution in [0.4, 0.5) is 0 Å². The molecule has 5 heteroatoms. The van der Waals surface area contributed by atoms with Crippen molar-refractivity contribution in [3.63, 3.8) is 0 Å². The van der Waals surface area contributed by atoms with Gasteiger partial charge in [0.2, 0.25) is 0 Å². The van der Waals surface area contributed by atoms with Crippen LogP contribution in [0.15, 0.2) is 5.38 Å². The zero-order valence-electron chi connectivity index (χ0n) is 11.3. The molecule has 0 bridgehead atoms. The average Bonchev–Trinajstić information content (AvgIpc) is 2.87. The summed E-state index contributed by atoms with van der Waals surface area (Å²) >= 11 is 3.53. The van der Waals surface area contributed by atoms with E-state index in [0.29, 0.717) is 5.92 Å². The first kappa shape index (κ1) is 13.6. The minimum Gasteiger partial charge on any atom is -0.315 e. The molecule has 98 valence electrons. The predicted octanol–water partition coefficient (Wildman–Crippen LogP) is 3.34. The van der Waals surface area contributed by atoms with Crippen molar-refractivity contribution in [1.82, 2.24) is 15.3 Å². The molecule has 0 spiro atoms. The highest BCUT2D eigenvalue weighted by Gasteiger charge is 2.14. The highest BCUT2D eigenvalue weighted by molar-refractivity contribution is 7.12. The van der Waals surface area contributed by atoms with Crippen LogP contribution < -0.4 is 5.32 Å². The maximum Gasteiger partial charge on any atom is 0.0999 e. The molecular weight excluding hydrogens is 262 g/mol. The molecule has 0 saturated heterocycles. The Bertz CT molecular complexity index is 514. The van der Waals surface area contributed by atoms with Crippen LogP contribution in [-0.2, 0) is 13.0 Å². The van der Waals surface area contributed by atoms with Crippen LogP contribution in [0.25, 0.3) is 0 Å². The van der Waals surface area contributed by atoms with Crippen LogP contribution in [0.5, 0.6) is 0 Å². The van der Waals surface area contributed by atoms with Crippen molar-refractivity contribution in [2.75, 3.05) is 7.05 Å². The van der Waals surface area contributed by atoms with E-state index < -0.39 is 0 Å². The lowest BCUT2D eigenvalue weighted by Crippen LogP contribution is -2.06. The Balaban J connectivity index is 2.20. The molecule has 0 unspecified atom stereocenters. The highest BCUT2D eigenvalue weighted by Crippen LogP contribution is 2.27. The lowest BCUT2D eigenvalue weighted by Gasteiger charge is -2.03. The third-order valence-electron chi connectivity index (χ3n) is 2.63. The zero-order chi connectivity index (χ0) is 13.1. The van der Waals surface area contributed by atoms with Gasteiger partial charge in [-0.15, -0.1) is 22.7 Å². The molecule has 1 N–H and O–H groups in total. The molecule has 0 aliphatic heterocycles. The van der Waals surface area contributed by atoms with E-state index in [1.54, 1.807) is 11.3 Å². The number of nitrogens with one attached hydrogen (secondary N) is 1. The summed E-state index contributed by atoms with van der Waals surface area (Å²) in [5.41, 5.74) is 2.34. The van der Waals surface area contributed by atoms with Crippen LogP contribution in [0.2, 0.25) is 0 Å². The number of aromatic nitrogens is 2. The third kappa shape index (κ3) is 3.16. The molecule has 0 aromatic carbocycles. The van der Waals surface area contributed by atoms with Crippen molar-refractivity contribution < 1.29 is 0 Å². The number of rotatable bonds is 5. The van der Waals surface area contributed by atoms with Gasteiger partial charge in [0.1, 0.15) is 0 Å². The number of hydrogen-bond acceptors (Lipinski definition) is 5. The van der Waals surface area contributed by atoms with Crippen molar-refractivity contribution in [2.24, 2.45) is 0 Å². The number of hydrogen-bond donors (Lipinski definition) is 1. The summed E-state index contributed by atoms with van der Waals surface area (Å²) in [7, 11) is 1.98.